The smallest absolute Gasteiger partial charge is 0.414 e. The number of nitrogens with two attached hydrogens (primary N) is 5. The Morgan fingerprint density at radius 3 is 2.18 bits per heavy atom. The lowest BCUT2D eigenvalue weighted by Crippen LogP contribution is -2.68. The van der Waals surface area contributed by atoms with Gasteiger partial charge in [0.15, 0.2) is 12.6 Å². The minimum atomic E-state index is -1.44. The van der Waals surface area contributed by atoms with Crippen LogP contribution in [0.15, 0.2) is 18.2 Å². The second-order valence-electron chi connectivity index (χ2n) is 14.6. The number of hydrogen-bond donors (Lipinski definition) is 11. The Kier molecular flexibility index (Phi) is 15.5. The Morgan fingerprint density at radius 1 is 0.929 bits per heavy atom. The maximum absolute atomic E-state index is 14.4. The van der Waals surface area contributed by atoms with Crippen molar-refractivity contribution < 1.29 is 67.9 Å². The summed E-state index contributed by atoms with van der Waals surface area (Å²) in [6, 6.07) is 1.45. The number of hydrogen-bond acceptors (Lipinski definition) is 19. The summed E-state index contributed by atoms with van der Waals surface area (Å²) < 4.78 is 47.6. The molecule has 5 aliphatic rings. The van der Waals surface area contributed by atoms with Crippen molar-refractivity contribution in [1.82, 2.24) is 5.32 Å². The van der Waals surface area contributed by atoms with E-state index in [9.17, 15) is 39.5 Å². The summed E-state index contributed by atoms with van der Waals surface area (Å²) in [5.41, 5.74) is 30.7. The molecule has 0 unspecified atom stereocenters. The van der Waals surface area contributed by atoms with Crippen LogP contribution in [0.25, 0.3) is 0 Å². The minimum absolute atomic E-state index is 0.0542. The SMILES string of the molecule is CC(=O)NC[C@H]1CN(c2ccc(N3CCOCC3)c(F)c2)C(=O)O1.NC[C@H]1O[C@H](O[C@H]2[C@H](O)[C@@H](O[C@H]3O[C@H](CO)[C@@H](O)[C@H](N)[C@H]3O)[C@H](N)C[C@@H]2N)[C@H](N)C[C@@H]1O. The quantitative estimate of drug-likeness (QED) is 0.105. The van der Waals surface area contributed by atoms with Crippen molar-refractivity contribution in [3.63, 3.8) is 0 Å². The zero-order valence-corrected chi connectivity index (χ0v) is 31.1. The molecule has 4 aliphatic heterocycles. The fourth-order valence-electron chi connectivity index (χ4n) is 7.25. The highest BCUT2D eigenvalue weighted by atomic mass is 19.1. The maximum Gasteiger partial charge on any atom is 0.414 e. The summed E-state index contributed by atoms with van der Waals surface area (Å²) >= 11 is 0. The number of morpholine rings is 1. The third kappa shape index (κ3) is 10.4. The van der Waals surface area contributed by atoms with Gasteiger partial charge in [0.2, 0.25) is 5.91 Å². The predicted octanol–water partition coefficient (Wildman–Crippen LogP) is -5.17. The van der Waals surface area contributed by atoms with Crippen LogP contribution < -0.4 is 43.8 Å². The van der Waals surface area contributed by atoms with Crippen molar-refractivity contribution in [3.05, 3.63) is 24.0 Å². The first-order valence-corrected chi connectivity index (χ1v) is 18.7. The van der Waals surface area contributed by atoms with E-state index in [1.807, 2.05) is 4.90 Å². The number of benzene rings is 1. The van der Waals surface area contributed by atoms with Crippen LogP contribution in [0.5, 0.6) is 0 Å². The van der Waals surface area contributed by atoms with E-state index < -0.39 is 104 Å². The van der Waals surface area contributed by atoms with Gasteiger partial charge >= 0.3 is 6.09 Å². The molecule has 5 fully saturated rings. The van der Waals surface area contributed by atoms with Crippen molar-refractivity contribution in [3.8, 4) is 0 Å². The topological polar surface area (TPSA) is 339 Å². The highest BCUT2D eigenvalue weighted by Gasteiger charge is 2.50. The van der Waals surface area contributed by atoms with Gasteiger partial charge in [-0.15, -0.1) is 0 Å². The Bertz CT molecular complexity index is 1450. The molecular formula is C34H57FN8O13. The summed E-state index contributed by atoms with van der Waals surface area (Å²) in [5, 5.41) is 53.3. The number of ether oxygens (including phenoxy) is 6. The van der Waals surface area contributed by atoms with Gasteiger partial charge in [0.05, 0.1) is 68.6 Å². The maximum atomic E-state index is 14.4. The van der Waals surface area contributed by atoms with Gasteiger partial charge in [0.25, 0.3) is 0 Å². The Morgan fingerprint density at radius 2 is 1.57 bits per heavy atom. The van der Waals surface area contributed by atoms with Crippen LogP contribution in [0.1, 0.15) is 19.8 Å². The average molecular weight is 805 g/mol. The molecule has 1 aromatic rings. The van der Waals surface area contributed by atoms with Crippen LogP contribution in [0.3, 0.4) is 0 Å². The zero-order valence-electron chi connectivity index (χ0n) is 31.1. The van der Waals surface area contributed by atoms with E-state index in [1.165, 1.54) is 17.9 Å². The number of nitrogens with zero attached hydrogens (tertiary/aromatic N) is 2. The van der Waals surface area contributed by atoms with Gasteiger partial charge in [0, 0.05) is 38.6 Å². The normalized spacial score (nSPS) is 39.1. The molecule has 2 amide bonds. The molecular weight excluding hydrogens is 747 g/mol. The van der Waals surface area contributed by atoms with E-state index >= 15 is 0 Å². The number of amides is 2. The largest absolute Gasteiger partial charge is 0.442 e. The van der Waals surface area contributed by atoms with Gasteiger partial charge in [-0.25, -0.2) is 9.18 Å². The van der Waals surface area contributed by atoms with E-state index in [4.69, 9.17) is 57.1 Å². The summed E-state index contributed by atoms with van der Waals surface area (Å²) in [6.07, 6.45) is -11.7. The summed E-state index contributed by atoms with van der Waals surface area (Å²) in [4.78, 5) is 26.2. The molecule has 56 heavy (non-hydrogen) atoms. The molecule has 21 nitrogen and oxygen atoms in total. The molecule has 4 saturated heterocycles. The number of anilines is 2. The summed E-state index contributed by atoms with van der Waals surface area (Å²) in [5.74, 6) is -0.571. The number of carbonyl (C=O) groups excluding carboxylic acids is 2. The molecule has 0 aromatic heterocycles. The van der Waals surface area contributed by atoms with E-state index in [2.05, 4.69) is 5.32 Å². The predicted molar refractivity (Wildman–Crippen MR) is 194 cm³/mol. The number of aliphatic hydroxyl groups excluding tert-OH is 5. The molecule has 4 heterocycles. The molecule has 0 radical (unpaired) electrons. The second kappa shape index (κ2) is 19.7. The lowest BCUT2D eigenvalue weighted by Gasteiger charge is -2.47. The first kappa shape index (κ1) is 44.2. The summed E-state index contributed by atoms with van der Waals surface area (Å²) in [7, 11) is 0. The van der Waals surface area contributed by atoms with Gasteiger partial charge < -0.3 is 92.8 Å². The van der Waals surface area contributed by atoms with Crippen LogP contribution in [0.2, 0.25) is 0 Å². The number of cyclic esters (lactones) is 1. The highest BCUT2D eigenvalue weighted by molar-refractivity contribution is 5.90. The van der Waals surface area contributed by atoms with Crippen LogP contribution in [-0.4, -0.2) is 182 Å². The van der Waals surface area contributed by atoms with E-state index in [0.717, 1.165) is 0 Å². The highest BCUT2D eigenvalue weighted by Crippen LogP contribution is 2.31. The first-order chi connectivity index (χ1) is 26.6. The number of halogens is 1. The second-order valence-corrected chi connectivity index (χ2v) is 14.6. The minimum Gasteiger partial charge on any atom is -0.442 e. The van der Waals surface area contributed by atoms with Crippen molar-refractivity contribution in [2.75, 3.05) is 62.3 Å². The van der Waals surface area contributed by atoms with Gasteiger partial charge in [-0.05, 0) is 31.0 Å². The van der Waals surface area contributed by atoms with Crippen LogP contribution in [-0.2, 0) is 33.2 Å². The lowest BCUT2D eigenvalue weighted by molar-refractivity contribution is -0.314. The molecule has 0 bridgehead atoms. The Balaban J connectivity index is 0.000000223. The monoisotopic (exact) mass is 804 g/mol. The lowest BCUT2D eigenvalue weighted by atomic mass is 9.84. The third-order valence-corrected chi connectivity index (χ3v) is 10.5. The Hall–Kier alpha value is -2.91. The molecule has 1 aliphatic carbocycles. The molecule has 15 atom stereocenters. The molecule has 16 N–H and O–H groups in total. The Labute approximate surface area is 323 Å². The third-order valence-electron chi connectivity index (χ3n) is 10.5. The molecule has 1 saturated carbocycles. The standard InChI is InChI=1S/C18H37N5O9.C16H20FN3O4/c19-3-9-8(25)2-7(22)17(29-9)31-15-5(20)1-6(21)16(14(15)28)32-18-13(27)11(23)12(26)10(4-24)30-18;1-11(21)18-9-13-10-20(16(22)24-13)12-2-3-15(14(17)8-12)19-4-6-23-7-5-19/h5-18,24-28H,1-4,19-23H2;2-3,8,13H,4-7,9-10H2,1H3,(H,18,21)/t5-,6+,7+,8-,9+,10+,11-,12+,13+,14-,15+,16-,17+,18+;13-/m00/s1. The van der Waals surface area contributed by atoms with Crippen LogP contribution >= 0.6 is 0 Å². The van der Waals surface area contributed by atoms with Gasteiger partial charge in [0.1, 0.15) is 48.5 Å². The molecule has 1 aromatic carbocycles. The number of nitrogens with one attached hydrogen (secondary N) is 1. The van der Waals surface area contributed by atoms with Crippen LogP contribution in [0.4, 0.5) is 20.6 Å². The molecule has 6 rings (SSSR count). The fraction of sp³-hybridized carbons (Fsp3) is 0.765. The van der Waals surface area contributed by atoms with Crippen molar-refractivity contribution in [2.45, 2.75) is 111 Å². The van der Waals surface area contributed by atoms with Crippen LogP contribution in [0, 0.1) is 5.82 Å². The fourth-order valence-corrected chi connectivity index (χ4v) is 7.25. The number of carbonyl (C=O) groups is 2. The zero-order chi connectivity index (χ0) is 40.8. The van der Waals surface area contributed by atoms with Crippen molar-refractivity contribution >= 4 is 23.4 Å². The van der Waals surface area contributed by atoms with Gasteiger partial charge in [-0.3, -0.25) is 9.69 Å². The van der Waals surface area contributed by atoms with E-state index in [-0.39, 0.29) is 44.2 Å². The molecule has 22 heteroatoms. The average Bonchev–Trinajstić information content (AvgIpc) is 3.55. The van der Waals surface area contributed by atoms with E-state index in [0.29, 0.717) is 37.7 Å². The molecule has 0 spiro atoms. The number of rotatable bonds is 10. The first-order valence-electron chi connectivity index (χ1n) is 18.7. The summed E-state index contributed by atoms with van der Waals surface area (Å²) in [6.45, 7) is 3.84. The van der Waals surface area contributed by atoms with Crippen molar-refractivity contribution in [2.24, 2.45) is 28.7 Å². The van der Waals surface area contributed by atoms with Gasteiger partial charge in [-0.1, -0.05) is 0 Å². The number of aliphatic hydroxyl groups is 5. The van der Waals surface area contributed by atoms with E-state index in [1.54, 1.807) is 12.1 Å². The molecule has 318 valence electrons. The van der Waals surface area contributed by atoms with Gasteiger partial charge in [-0.2, -0.15) is 0 Å². The van der Waals surface area contributed by atoms with Crippen molar-refractivity contribution in [1.29, 1.82) is 0 Å².